The standard InChI is InChI=1S/C26H26ClN3O3/c1-15-10-19(12-23(27)25(15)33-5)17-7-9-21-22(11-17)16(2)29-30-26(21)28-14-18-6-8-20(31-3)13-24(18)32-4/h6-13H,14H2,1-5H3,(H,28,30). The van der Waals surface area contributed by atoms with Crippen molar-refractivity contribution < 1.29 is 14.2 Å². The third kappa shape index (κ3) is 4.52. The Morgan fingerprint density at radius 2 is 1.64 bits per heavy atom. The van der Waals surface area contributed by atoms with Crippen LogP contribution in [0, 0.1) is 13.8 Å². The van der Waals surface area contributed by atoms with Gasteiger partial charge in [0.2, 0.25) is 0 Å². The van der Waals surface area contributed by atoms with Crippen LogP contribution < -0.4 is 19.5 Å². The molecule has 0 unspecified atom stereocenters. The van der Waals surface area contributed by atoms with Crippen LogP contribution in [0.1, 0.15) is 16.8 Å². The number of ether oxygens (including phenoxy) is 3. The number of aromatic nitrogens is 2. The van der Waals surface area contributed by atoms with Gasteiger partial charge in [0.15, 0.2) is 5.82 Å². The molecule has 0 fully saturated rings. The normalized spacial score (nSPS) is 10.8. The van der Waals surface area contributed by atoms with Gasteiger partial charge in [0.1, 0.15) is 17.2 Å². The SMILES string of the molecule is COc1ccc(CNc2nnc(C)c3cc(-c4cc(C)c(OC)c(Cl)c4)ccc23)c(OC)c1. The van der Waals surface area contributed by atoms with Crippen LogP contribution in [0.3, 0.4) is 0 Å². The first-order valence-corrected chi connectivity index (χ1v) is 10.9. The van der Waals surface area contributed by atoms with E-state index in [1.165, 1.54) is 0 Å². The first-order valence-electron chi connectivity index (χ1n) is 10.5. The van der Waals surface area contributed by atoms with E-state index in [4.69, 9.17) is 25.8 Å². The maximum Gasteiger partial charge on any atom is 0.156 e. The summed E-state index contributed by atoms with van der Waals surface area (Å²) < 4.78 is 16.2. The highest BCUT2D eigenvalue weighted by Crippen LogP contribution is 2.36. The molecule has 1 heterocycles. The van der Waals surface area contributed by atoms with Gasteiger partial charge in [-0.2, -0.15) is 5.10 Å². The number of rotatable bonds is 7. The Morgan fingerprint density at radius 1 is 0.818 bits per heavy atom. The quantitative estimate of drug-likeness (QED) is 0.351. The molecular formula is C26H26ClN3O3. The second kappa shape index (κ2) is 9.55. The third-order valence-corrected chi connectivity index (χ3v) is 5.95. The fourth-order valence-electron chi connectivity index (χ4n) is 3.93. The zero-order chi connectivity index (χ0) is 23.5. The summed E-state index contributed by atoms with van der Waals surface area (Å²) in [6, 6.07) is 16.0. The number of hydrogen-bond acceptors (Lipinski definition) is 6. The van der Waals surface area contributed by atoms with Gasteiger partial charge in [0, 0.05) is 28.9 Å². The van der Waals surface area contributed by atoms with Crippen molar-refractivity contribution in [2.45, 2.75) is 20.4 Å². The molecule has 3 aromatic carbocycles. The molecule has 0 aliphatic heterocycles. The molecule has 6 nitrogen and oxygen atoms in total. The number of methoxy groups -OCH3 is 3. The summed E-state index contributed by atoms with van der Waals surface area (Å²) in [7, 11) is 4.91. The summed E-state index contributed by atoms with van der Waals surface area (Å²) in [5.74, 6) is 2.91. The Balaban J connectivity index is 1.68. The summed E-state index contributed by atoms with van der Waals surface area (Å²) in [6.07, 6.45) is 0. The Kier molecular flexibility index (Phi) is 6.56. The molecule has 4 rings (SSSR count). The van der Waals surface area contributed by atoms with Crippen LogP contribution in [0.25, 0.3) is 21.9 Å². The minimum atomic E-state index is 0.537. The third-order valence-electron chi connectivity index (χ3n) is 5.67. The predicted octanol–water partition coefficient (Wildman–Crippen LogP) is 6.20. The zero-order valence-corrected chi connectivity index (χ0v) is 20.1. The van der Waals surface area contributed by atoms with Crippen LogP contribution in [0.2, 0.25) is 5.02 Å². The number of anilines is 1. The number of nitrogens with zero attached hydrogens (tertiary/aromatic N) is 2. The monoisotopic (exact) mass is 463 g/mol. The molecular weight excluding hydrogens is 438 g/mol. The topological polar surface area (TPSA) is 65.5 Å². The largest absolute Gasteiger partial charge is 0.497 e. The van der Waals surface area contributed by atoms with E-state index < -0.39 is 0 Å². The minimum absolute atomic E-state index is 0.537. The first kappa shape index (κ1) is 22.7. The Labute approximate surface area is 198 Å². The molecule has 0 aliphatic rings. The van der Waals surface area contributed by atoms with Gasteiger partial charge < -0.3 is 19.5 Å². The van der Waals surface area contributed by atoms with Crippen molar-refractivity contribution in [1.82, 2.24) is 10.2 Å². The molecule has 0 radical (unpaired) electrons. The van der Waals surface area contributed by atoms with Crippen LogP contribution in [-0.4, -0.2) is 31.5 Å². The van der Waals surface area contributed by atoms with Crippen molar-refractivity contribution in [3.63, 3.8) is 0 Å². The molecule has 0 aliphatic carbocycles. The van der Waals surface area contributed by atoms with Gasteiger partial charge >= 0.3 is 0 Å². The number of fused-ring (bicyclic) bond motifs is 1. The Hall–Kier alpha value is -3.51. The summed E-state index contributed by atoms with van der Waals surface area (Å²) in [5.41, 5.74) is 4.91. The van der Waals surface area contributed by atoms with E-state index in [0.29, 0.717) is 23.1 Å². The van der Waals surface area contributed by atoms with Crippen LogP contribution >= 0.6 is 11.6 Å². The van der Waals surface area contributed by atoms with Crippen molar-refractivity contribution in [3.05, 3.63) is 70.4 Å². The van der Waals surface area contributed by atoms with Crippen LogP contribution in [-0.2, 0) is 6.54 Å². The van der Waals surface area contributed by atoms with Crippen molar-refractivity contribution in [1.29, 1.82) is 0 Å². The molecule has 1 aromatic heterocycles. The van der Waals surface area contributed by atoms with E-state index in [1.807, 2.05) is 38.1 Å². The van der Waals surface area contributed by atoms with E-state index in [-0.39, 0.29) is 0 Å². The number of benzene rings is 3. The van der Waals surface area contributed by atoms with Gasteiger partial charge in [0.25, 0.3) is 0 Å². The van der Waals surface area contributed by atoms with Crippen LogP contribution in [0.4, 0.5) is 5.82 Å². The maximum absolute atomic E-state index is 6.43. The fraction of sp³-hybridized carbons (Fsp3) is 0.231. The van der Waals surface area contributed by atoms with E-state index in [0.717, 1.165) is 50.2 Å². The van der Waals surface area contributed by atoms with Crippen LogP contribution in [0.5, 0.6) is 17.2 Å². The van der Waals surface area contributed by atoms with Gasteiger partial charge in [-0.15, -0.1) is 5.10 Å². The lowest BCUT2D eigenvalue weighted by molar-refractivity contribution is 0.391. The van der Waals surface area contributed by atoms with Gasteiger partial charge in [0.05, 0.1) is 32.0 Å². The Bertz CT molecular complexity index is 1300. The first-order chi connectivity index (χ1) is 15.9. The molecule has 0 bridgehead atoms. The molecule has 0 saturated carbocycles. The minimum Gasteiger partial charge on any atom is -0.497 e. The zero-order valence-electron chi connectivity index (χ0n) is 19.3. The molecule has 7 heteroatoms. The van der Waals surface area contributed by atoms with Crippen molar-refractivity contribution in [2.75, 3.05) is 26.6 Å². The highest BCUT2D eigenvalue weighted by atomic mass is 35.5. The molecule has 0 atom stereocenters. The number of nitrogens with one attached hydrogen (secondary N) is 1. The average Bonchev–Trinajstić information content (AvgIpc) is 2.83. The van der Waals surface area contributed by atoms with Gasteiger partial charge in [-0.25, -0.2) is 0 Å². The highest BCUT2D eigenvalue weighted by Gasteiger charge is 2.13. The van der Waals surface area contributed by atoms with Gasteiger partial charge in [-0.1, -0.05) is 17.7 Å². The predicted molar refractivity (Wildman–Crippen MR) is 133 cm³/mol. The lowest BCUT2D eigenvalue weighted by Crippen LogP contribution is -2.05. The second-order valence-corrected chi connectivity index (χ2v) is 8.14. The van der Waals surface area contributed by atoms with E-state index in [9.17, 15) is 0 Å². The highest BCUT2D eigenvalue weighted by molar-refractivity contribution is 6.32. The average molecular weight is 464 g/mol. The van der Waals surface area contributed by atoms with Gasteiger partial charge in [-0.05, 0) is 66.9 Å². The summed E-state index contributed by atoms with van der Waals surface area (Å²) in [4.78, 5) is 0. The van der Waals surface area contributed by atoms with Crippen LogP contribution in [0.15, 0.2) is 48.5 Å². The summed E-state index contributed by atoms with van der Waals surface area (Å²) in [6.45, 7) is 4.48. The molecule has 170 valence electrons. The molecule has 4 aromatic rings. The summed E-state index contributed by atoms with van der Waals surface area (Å²) >= 11 is 6.43. The van der Waals surface area contributed by atoms with Gasteiger partial charge in [-0.3, -0.25) is 0 Å². The molecule has 33 heavy (non-hydrogen) atoms. The maximum atomic E-state index is 6.43. The van der Waals surface area contributed by atoms with E-state index in [2.05, 4.69) is 39.8 Å². The number of halogens is 1. The summed E-state index contributed by atoms with van der Waals surface area (Å²) in [5, 5.41) is 14.8. The lowest BCUT2D eigenvalue weighted by Gasteiger charge is -2.14. The van der Waals surface area contributed by atoms with E-state index >= 15 is 0 Å². The molecule has 1 N–H and O–H groups in total. The lowest BCUT2D eigenvalue weighted by atomic mass is 9.99. The van der Waals surface area contributed by atoms with Crippen molar-refractivity contribution in [2.24, 2.45) is 0 Å². The number of hydrogen-bond donors (Lipinski definition) is 1. The number of aryl methyl sites for hydroxylation is 2. The molecule has 0 spiro atoms. The van der Waals surface area contributed by atoms with E-state index in [1.54, 1.807) is 21.3 Å². The van der Waals surface area contributed by atoms with Crippen molar-refractivity contribution in [3.8, 4) is 28.4 Å². The second-order valence-electron chi connectivity index (χ2n) is 7.73. The smallest absolute Gasteiger partial charge is 0.156 e. The molecule has 0 amide bonds. The fourth-order valence-corrected chi connectivity index (χ4v) is 4.27. The van der Waals surface area contributed by atoms with Crippen molar-refractivity contribution >= 4 is 28.2 Å². The molecule has 0 saturated heterocycles. The Morgan fingerprint density at radius 3 is 2.33 bits per heavy atom.